The van der Waals surface area contributed by atoms with E-state index in [1.807, 2.05) is 0 Å². The smallest absolute Gasteiger partial charge is 0.327 e. The van der Waals surface area contributed by atoms with Crippen LogP contribution in [0.15, 0.2) is 54.1 Å². The molecule has 3 heterocycles. The lowest BCUT2D eigenvalue weighted by Gasteiger charge is -2.15. The first-order valence-corrected chi connectivity index (χ1v) is 8.51. The molecule has 1 N–H and O–H groups in total. The fraction of sp³-hybridized carbons (Fsp3) is 0.167. The van der Waals surface area contributed by atoms with Gasteiger partial charge in [-0.3, -0.25) is 9.36 Å². The van der Waals surface area contributed by atoms with E-state index in [-0.39, 0.29) is 11.5 Å². The Bertz CT molecular complexity index is 1110. The molecule has 136 valence electrons. The Morgan fingerprint density at radius 1 is 1.33 bits per heavy atom. The predicted octanol–water partition coefficient (Wildman–Crippen LogP) is 2.13. The van der Waals surface area contributed by atoms with Crippen LogP contribution in [-0.4, -0.2) is 35.9 Å². The molecule has 1 aliphatic rings. The summed E-state index contributed by atoms with van der Waals surface area (Å²) in [5, 5.41) is 21.2. The van der Waals surface area contributed by atoms with Crippen LogP contribution in [-0.2, 0) is 11.2 Å². The van der Waals surface area contributed by atoms with Crippen LogP contribution in [0.5, 0.6) is 0 Å². The molecule has 0 saturated heterocycles. The highest BCUT2D eigenvalue weighted by Gasteiger charge is 2.36. The van der Waals surface area contributed by atoms with Gasteiger partial charge in [0.15, 0.2) is 0 Å². The van der Waals surface area contributed by atoms with Crippen molar-refractivity contribution in [1.29, 1.82) is 0 Å². The fourth-order valence-corrected chi connectivity index (χ4v) is 3.70. The van der Waals surface area contributed by atoms with E-state index in [2.05, 4.69) is 22.1 Å². The van der Waals surface area contributed by atoms with Gasteiger partial charge in [0.2, 0.25) is 0 Å². The molecule has 0 amide bonds. The van der Waals surface area contributed by atoms with E-state index < -0.39 is 12.0 Å². The second kappa shape index (κ2) is 6.48. The average molecular weight is 384 g/mol. The molecule has 4 rings (SSSR count). The molecule has 0 saturated carbocycles. The topological polar surface area (TPSA) is 103 Å². The van der Waals surface area contributed by atoms with Crippen LogP contribution in [0.3, 0.4) is 0 Å². The van der Waals surface area contributed by atoms with Crippen molar-refractivity contribution >= 4 is 17.6 Å². The molecule has 27 heavy (non-hydrogen) atoms. The van der Waals surface area contributed by atoms with Gasteiger partial charge >= 0.3 is 5.97 Å². The average Bonchev–Trinajstić information content (AvgIpc) is 3.29. The molecule has 0 radical (unpaired) electrons. The van der Waals surface area contributed by atoms with Gasteiger partial charge in [0, 0.05) is 28.3 Å². The van der Waals surface area contributed by atoms with Gasteiger partial charge in [-0.25, -0.2) is 4.79 Å². The normalized spacial score (nSPS) is 18.3. The van der Waals surface area contributed by atoms with E-state index in [9.17, 15) is 14.7 Å². The quantitative estimate of drug-likeness (QED) is 0.692. The minimum atomic E-state index is -1.05. The maximum Gasteiger partial charge on any atom is 0.327 e. The van der Waals surface area contributed by atoms with E-state index in [0.717, 1.165) is 0 Å². The maximum atomic E-state index is 12.7. The van der Waals surface area contributed by atoms with Gasteiger partial charge in [0.1, 0.15) is 12.4 Å². The van der Waals surface area contributed by atoms with Crippen molar-refractivity contribution in [2.45, 2.75) is 12.5 Å². The predicted molar refractivity (Wildman–Crippen MR) is 97.9 cm³/mol. The van der Waals surface area contributed by atoms with Gasteiger partial charge in [-0.15, -0.1) is 11.7 Å². The zero-order valence-electron chi connectivity index (χ0n) is 14.0. The first-order valence-electron chi connectivity index (χ1n) is 8.13. The number of fused-ring (bicyclic) bond motifs is 1. The third kappa shape index (κ3) is 2.83. The van der Waals surface area contributed by atoms with E-state index in [4.69, 9.17) is 11.6 Å². The molecule has 0 unspecified atom stereocenters. The summed E-state index contributed by atoms with van der Waals surface area (Å²) in [5.41, 5.74) is 2.19. The lowest BCUT2D eigenvalue weighted by Crippen LogP contribution is -2.29. The molecule has 3 aromatic rings. The molecular formula is C18H14ClN5O3. The van der Waals surface area contributed by atoms with E-state index >= 15 is 0 Å². The van der Waals surface area contributed by atoms with E-state index in [1.54, 1.807) is 30.3 Å². The van der Waals surface area contributed by atoms with E-state index in [0.29, 0.717) is 34.0 Å². The minimum Gasteiger partial charge on any atom is -0.480 e. The Morgan fingerprint density at radius 3 is 2.81 bits per heavy atom. The first-order chi connectivity index (χ1) is 13.0. The molecular weight excluding hydrogens is 370 g/mol. The van der Waals surface area contributed by atoms with Crippen LogP contribution in [0.4, 0.5) is 0 Å². The van der Waals surface area contributed by atoms with Crippen molar-refractivity contribution in [2.24, 2.45) is 5.92 Å². The summed E-state index contributed by atoms with van der Waals surface area (Å²) in [6, 6.07) is 7.45. The molecule has 0 aliphatic carbocycles. The third-order valence-corrected chi connectivity index (χ3v) is 4.93. The second-order valence-corrected chi connectivity index (χ2v) is 6.68. The van der Waals surface area contributed by atoms with Crippen molar-refractivity contribution in [2.75, 3.05) is 0 Å². The summed E-state index contributed by atoms with van der Waals surface area (Å²) in [5.74, 6) is -1.39. The molecule has 9 heteroatoms. The molecule has 8 nitrogen and oxygen atoms in total. The number of carboxylic acids is 1. The molecule has 1 aromatic carbocycles. The number of halogens is 1. The summed E-state index contributed by atoms with van der Waals surface area (Å²) >= 11 is 6.16. The van der Waals surface area contributed by atoms with Crippen LogP contribution in [0.1, 0.15) is 11.7 Å². The number of carboxylic acid groups (broad SMARTS) is 1. The highest BCUT2D eigenvalue weighted by atomic mass is 35.5. The van der Waals surface area contributed by atoms with E-state index in [1.165, 1.54) is 21.6 Å². The molecule has 2 aromatic heterocycles. The lowest BCUT2D eigenvalue weighted by atomic mass is 9.99. The first kappa shape index (κ1) is 17.2. The summed E-state index contributed by atoms with van der Waals surface area (Å²) in [7, 11) is 0. The number of aliphatic carboxylic acids is 1. The number of hydrogen-bond acceptors (Lipinski definition) is 5. The zero-order chi connectivity index (χ0) is 19.1. The van der Waals surface area contributed by atoms with Gasteiger partial charge in [-0.2, -0.15) is 4.68 Å². The van der Waals surface area contributed by atoms with Crippen molar-refractivity contribution in [3.8, 4) is 16.8 Å². The maximum absolute atomic E-state index is 12.7. The van der Waals surface area contributed by atoms with Crippen LogP contribution in [0.25, 0.3) is 16.8 Å². The highest BCUT2D eigenvalue weighted by molar-refractivity contribution is 6.31. The minimum absolute atomic E-state index is 0.344. The molecule has 2 atom stereocenters. The Kier molecular flexibility index (Phi) is 4.12. The number of aromatic nitrogens is 5. The van der Waals surface area contributed by atoms with Crippen LogP contribution in [0, 0.1) is 5.92 Å². The Balaban J connectivity index is 1.91. The molecule has 0 spiro atoms. The largest absolute Gasteiger partial charge is 0.480 e. The Labute approximate surface area is 158 Å². The third-order valence-electron chi connectivity index (χ3n) is 4.70. The summed E-state index contributed by atoms with van der Waals surface area (Å²) < 4.78 is 2.79. The number of tetrazole rings is 1. The fourth-order valence-electron chi connectivity index (χ4n) is 3.52. The number of nitrogens with zero attached hydrogens (tertiary/aromatic N) is 5. The van der Waals surface area contributed by atoms with Gasteiger partial charge in [-0.05, 0) is 46.7 Å². The van der Waals surface area contributed by atoms with Crippen LogP contribution in [0.2, 0.25) is 5.02 Å². The van der Waals surface area contributed by atoms with Crippen molar-refractivity contribution < 1.29 is 9.90 Å². The molecule has 0 bridgehead atoms. The summed E-state index contributed by atoms with van der Waals surface area (Å²) in [4.78, 5) is 24.4. The number of hydrogen-bond donors (Lipinski definition) is 1. The van der Waals surface area contributed by atoms with Crippen LogP contribution >= 0.6 is 11.6 Å². The SMILES string of the molecule is C=C[C@H]1Cc2cc(-c3cc(Cl)ccc3-n3cnnn3)cc(=O)n2[C@@H]1C(=O)O. The van der Waals surface area contributed by atoms with Crippen molar-refractivity contribution in [3.05, 3.63) is 70.4 Å². The van der Waals surface area contributed by atoms with Gasteiger partial charge in [0.25, 0.3) is 5.56 Å². The summed E-state index contributed by atoms with van der Waals surface area (Å²) in [6.07, 6.45) is 3.45. The van der Waals surface area contributed by atoms with Crippen molar-refractivity contribution in [1.82, 2.24) is 24.8 Å². The number of carbonyl (C=O) groups is 1. The van der Waals surface area contributed by atoms with Gasteiger partial charge in [-0.1, -0.05) is 17.7 Å². The monoisotopic (exact) mass is 383 g/mol. The van der Waals surface area contributed by atoms with Crippen LogP contribution < -0.4 is 5.56 Å². The molecule has 0 fully saturated rings. The molecule has 1 aliphatic heterocycles. The Hall–Kier alpha value is -3.26. The van der Waals surface area contributed by atoms with Gasteiger partial charge in [0.05, 0.1) is 5.69 Å². The zero-order valence-corrected chi connectivity index (χ0v) is 14.7. The number of allylic oxidation sites excluding steroid dienone is 1. The summed E-state index contributed by atoms with van der Waals surface area (Å²) in [6.45, 7) is 3.71. The lowest BCUT2D eigenvalue weighted by molar-refractivity contribution is -0.141. The second-order valence-electron chi connectivity index (χ2n) is 6.25. The highest BCUT2D eigenvalue weighted by Crippen LogP contribution is 2.35. The number of benzene rings is 1. The number of pyridine rings is 1. The van der Waals surface area contributed by atoms with Gasteiger partial charge < -0.3 is 5.11 Å². The standard InChI is InChI=1S/C18H14ClN5O3/c1-2-10-5-13-6-11(7-16(25)24(13)17(10)18(26)27)14-8-12(19)3-4-15(14)23-9-20-21-22-23/h2-4,6-10,17H,1,5H2,(H,26,27)/t10-,17-/m0/s1. The van der Waals surface area contributed by atoms with Crippen molar-refractivity contribution in [3.63, 3.8) is 0 Å². The number of rotatable bonds is 4. The Morgan fingerprint density at radius 2 is 2.15 bits per heavy atom.